The molecule has 0 unspecified atom stereocenters. The number of hydrogen-bond acceptors (Lipinski definition) is 3. The van der Waals surface area contributed by atoms with E-state index < -0.39 is 5.97 Å². The Morgan fingerprint density at radius 1 is 1.33 bits per heavy atom. The number of carboxylic acid groups (broad SMARTS) is 1. The smallest absolute Gasteiger partial charge is 0.303 e. The molecule has 114 valence electrons. The molecule has 1 aromatic carbocycles. The lowest BCUT2D eigenvalue weighted by Gasteiger charge is -2.31. The Morgan fingerprint density at radius 3 is 2.57 bits per heavy atom. The number of likely N-dealkylation sites (tertiary alicyclic amines) is 1. The summed E-state index contributed by atoms with van der Waals surface area (Å²) < 4.78 is 5.25. The fourth-order valence-corrected chi connectivity index (χ4v) is 2.72. The van der Waals surface area contributed by atoms with Crippen molar-refractivity contribution in [2.45, 2.75) is 26.2 Å². The zero-order valence-corrected chi connectivity index (χ0v) is 12.5. The SMILES string of the molecule is COc1cc(C(=O)N2CCC(CC(=O)O)CC2)ccc1C. The van der Waals surface area contributed by atoms with Gasteiger partial charge in [-0.3, -0.25) is 9.59 Å². The maximum absolute atomic E-state index is 12.5. The number of piperidine rings is 1. The number of methoxy groups -OCH3 is 1. The summed E-state index contributed by atoms with van der Waals surface area (Å²) in [6, 6.07) is 5.45. The van der Waals surface area contributed by atoms with Gasteiger partial charge in [0.15, 0.2) is 0 Å². The summed E-state index contributed by atoms with van der Waals surface area (Å²) in [6.07, 6.45) is 1.70. The van der Waals surface area contributed by atoms with E-state index >= 15 is 0 Å². The molecule has 0 atom stereocenters. The predicted molar refractivity (Wildman–Crippen MR) is 78.6 cm³/mol. The van der Waals surface area contributed by atoms with Crippen molar-refractivity contribution in [3.8, 4) is 5.75 Å². The fourth-order valence-electron chi connectivity index (χ4n) is 2.72. The Morgan fingerprint density at radius 2 is 2.00 bits per heavy atom. The van der Waals surface area contributed by atoms with E-state index in [0.717, 1.165) is 18.4 Å². The number of ether oxygens (including phenoxy) is 1. The highest BCUT2D eigenvalue weighted by atomic mass is 16.5. The van der Waals surface area contributed by atoms with Crippen molar-refractivity contribution in [2.24, 2.45) is 5.92 Å². The van der Waals surface area contributed by atoms with Crippen molar-refractivity contribution in [1.29, 1.82) is 0 Å². The van der Waals surface area contributed by atoms with Crippen molar-refractivity contribution >= 4 is 11.9 Å². The lowest BCUT2D eigenvalue weighted by atomic mass is 9.93. The first-order chi connectivity index (χ1) is 10.0. The van der Waals surface area contributed by atoms with E-state index in [1.807, 2.05) is 19.1 Å². The molecule has 1 amide bonds. The summed E-state index contributed by atoms with van der Waals surface area (Å²) in [4.78, 5) is 25.0. The minimum Gasteiger partial charge on any atom is -0.496 e. The number of amides is 1. The summed E-state index contributed by atoms with van der Waals surface area (Å²) in [5.74, 6) is 0.117. The molecule has 1 heterocycles. The monoisotopic (exact) mass is 291 g/mol. The van der Waals surface area contributed by atoms with Crippen LogP contribution in [0.5, 0.6) is 5.75 Å². The summed E-state index contributed by atoms with van der Waals surface area (Å²) >= 11 is 0. The Kier molecular flexibility index (Phi) is 4.83. The van der Waals surface area contributed by atoms with Gasteiger partial charge in [-0.15, -0.1) is 0 Å². The van der Waals surface area contributed by atoms with Crippen LogP contribution in [0.15, 0.2) is 18.2 Å². The zero-order chi connectivity index (χ0) is 15.4. The molecule has 1 N–H and O–H groups in total. The summed E-state index contributed by atoms with van der Waals surface area (Å²) in [6.45, 7) is 3.17. The molecule has 0 bridgehead atoms. The molecule has 0 saturated carbocycles. The molecule has 1 saturated heterocycles. The van der Waals surface area contributed by atoms with E-state index in [0.29, 0.717) is 24.4 Å². The second kappa shape index (κ2) is 6.61. The van der Waals surface area contributed by atoms with E-state index in [9.17, 15) is 9.59 Å². The van der Waals surface area contributed by atoms with E-state index in [1.165, 1.54) is 0 Å². The van der Waals surface area contributed by atoms with Gasteiger partial charge in [-0.1, -0.05) is 6.07 Å². The first kappa shape index (κ1) is 15.4. The quantitative estimate of drug-likeness (QED) is 0.924. The molecule has 1 aromatic rings. The highest BCUT2D eigenvalue weighted by molar-refractivity contribution is 5.94. The second-order valence-electron chi connectivity index (χ2n) is 5.52. The number of rotatable bonds is 4. The van der Waals surface area contributed by atoms with Crippen LogP contribution in [0.1, 0.15) is 35.2 Å². The van der Waals surface area contributed by atoms with Crippen LogP contribution in [0.4, 0.5) is 0 Å². The molecular formula is C16H21NO4. The maximum atomic E-state index is 12.5. The lowest BCUT2D eigenvalue weighted by Crippen LogP contribution is -2.38. The summed E-state index contributed by atoms with van der Waals surface area (Å²) in [7, 11) is 1.59. The van der Waals surface area contributed by atoms with Gasteiger partial charge in [0.2, 0.25) is 0 Å². The molecule has 0 aliphatic carbocycles. The standard InChI is InChI=1S/C16H21NO4/c1-11-3-4-13(10-14(11)21-2)16(20)17-7-5-12(6-8-17)9-15(18)19/h3-4,10,12H,5-9H2,1-2H3,(H,18,19). The van der Waals surface area contributed by atoms with Crippen molar-refractivity contribution in [2.75, 3.05) is 20.2 Å². The van der Waals surface area contributed by atoms with E-state index in [1.54, 1.807) is 18.1 Å². The largest absolute Gasteiger partial charge is 0.496 e. The van der Waals surface area contributed by atoms with Gasteiger partial charge in [-0.2, -0.15) is 0 Å². The topological polar surface area (TPSA) is 66.8 Å². The number of carbonyl (C=O) groups excluding carboxylic acids is 1. The average Bonchev–Trinajstić information content (AvgIpc) is 2.47. The van der Waals surface area contributed by atoms with Gasteiger partial charge >= 0.3 is 5.97 Å². The molecule has 1 fully saturated rings. The summed E-state index contributed by atoms with van der Waals surface area (Å²) in [5.41, 5.74) is 1.61. The van der Waals surface area contributed by atoms with E-state index in [2.05, 4.69) is 0 Å². The molecule has 5 heteroatoms. The molecule has 1 aliphatic rings. The fraction of sp³-hybridized carbons (Fsp3) is 0.500. The van der Waals surface area contributed by atoms with Crippen LogP contribution in [-0.2, 0) is 4.79 Å². The zero-order valence-electron chi connectivity index (χ0n) is 12.5. The van der Waals surface area contributed by atoms with Gasteiger partial charge in [-0.25, -0.2) is 0 Å². The molecule has 1 aliphatic heterocycles. The van der Waals surface area contributed by atoms with Gasteiger partial charge in [0, 0.05) is 25.1 Å². The molecule has 21 heavy (non-hydrogen) atoms. The van der Waals surface area contributed by atoms with Crippen LogP contribution >= 0.6 is 0 Å². The number of hydrogen-bond donors (Lipinski definition) is 1. The molecule has 0 radical (unpaired) electrons. The van der Waals surface area contributed by atoms with Gasteiger partial charge < -0.3 is 14.7 Å². The molecule has 0 spiro atoms. The maximum Gasteiger partial charge on any atom is 0.303 e. The highest BCUT2D eigenvalue weighted by Crippen LogP contribution is 2.24. The average molecular weight is 291 g/mol. The third-order valence-corrected chi connectivity index (χ3v) is 4.02. The van der Waals surface area contributed by atoms with Crippen molar-refractivity contribution in [3.63, 3.8) is 0 Å². The first-order valence-corrected chi connectivity index (χ1v) is 7.17. The van der Waals surface area contributed by atoms with Crippen LogP contribution in [0.25, 0.3) is 0 Å². The minimum absolute atomic E-state index is 0.0120. The third kappa shape index (κ3) is 3.74. The predicted octanol–water partition coefficient (Wildman–Crippen LogP) is 2.33. The number of aliphatic carboxylic acids is 1. The van der Waals surface area contributed by atoms with E-state index in [-0.39, 0.29) is 18.2 Å². The minimum atomic E-state index is -0.761. The van der Waals surface area contributed by atoms with Crippen LogP contribution in [-0.4, -0.2) is 42.1 Å². The van der Waals surface area contributed by atoms with E-state index in [4.69, 9.17) is 9.84 Å². The normalized spacial score (nSPS) is 15.8. The lowest BCUT2D eigenvalue weighted by molar-refractivity contribution is -0.138. The second-order valence-corrected chi connectivity index (χ2v) is 5.52. The van der Waals surface area contributed by atoms with Crippen LogP contribution in [0.2, 0.25) is 0 Å². The molecule has 5 nitrogen and oxygen atoms in total. The number of benzene rings is 1. The molecule has 0 aromatic heterocycles. The van der Waals surface area contributed by atoms with Gasteiger partial charge in [0.05, 0.1) is 7.11 Å². The highest BCUT2D eigenvalue weighted by Gasteiger charge is 2.25. The Balaban J connectivity index is 2.00. The molecule has 2 rings (SSSR count). The van der Waals surface area contributed by atoms with Crippen molar-refractivity contribution < 1.29 is 19.4 Å². The van der Waals surface area contributed by atoms with Gasteiger partial charge in [-0.05, 0) is 43.4 Å². The third-order valence-electron chi connectivity index (χ3n) is 4.02. The first-order valence-electron chi connectivity index (χ1n) is 7.17. The van der Waals surface area contributed by atoms with Gasteiger partial charge in [0.1, 0.15) is 5.75 Å². The van der Waals surface area contributed by atoms with Crippen molar-refractivity contribution in [3.05, 3.63) is 29.3 Å². The van der Waals surface area contributed by atoms with Crippen LogP contribution in [0, 0.1) is 12.8 Å². The van der Waals surface area contributed by atoms with Crippen LogP contribution in [0.3, 0.4) is 0 Å². The molecular weight excluding hydrogens is 270 g/mol. The number of nitrogens with zero attached hydrogens (tertiary/aromatic N) is 1. The Bertz CT molecular complexity index is 533. The van der Waals surface area contributed by atoms with Crippen LogP contribution < -0.4 is 4.74 Å². The number of carbonyl (C=O) groups is 2. The Labute approximate surface area is 124 Å². The number of carboxylic acids is 1. The summed E-state index contributed by atoms with van der Waals surface area (Å²) in [5, 5.41) is 8.81. The van der Waals surface area contributed by atoms with Gasteiger partial charge in [0.25, 0.3) is 5.91 Å². The number of aryl methyl sites for hydroxylation is 1. The van der Waals surface area contributed by atoms with Crippen molar-refractivity contribution in [1.82, 2.24) is 4.90 Å². The Hall–Kier alpha value is -2.04.